The number of nitriles is 1. The fourth-order valence-electron chi connectivity index (χ4n) is 1.27. The highest BCUT2D eigenvalue weighted by Crippen LogP contribution is 2.20. The summed E-state index contributed by atoms with van der Waals surface area (Å²) in [5.41, 5.74) is 3.02. The number of nitrogens with one attached hydrogen (secondary N) is 1. The Hall–Kier alpha value is -2.58. The summed E-state index contributed by atoms with van der Waals surface area (Å²) >= 11 is 0. The molecule has 1 aromatic carbocycles. The van der Waals surface area contributed by atoms with Crippen molar-refractivity contribution in [3.63, 3.8) is 0 Å². The van der Waals surface area contributed by atoms with Crippen molar-refractivity contribution in [3.8, 4) is 17.7 Å². The molecule has 0 radical (unpaired) electrons. The van der Waals surface area contributed by atoms with Crippen LogP contribution in [0, 0.1) is 11.3 Å². The highest BCUT2D eigenvalue weighted by molar-refractivity contribution is 5.39. The van der Waals surface area contributed by atoms with E-state index in [-0.39, 0.29) is 0 Å². The number of nitrogens with zero attached hydrogens (tertiary/aromatic N) is 2. The van der Waals surface area contributed by atoms with Crippen molar-refractivity contribution in [3.05, 3.63) is 48.0 Å². The number of hydrazine groups is 1. The van der Waals surface area contributed by atoms with Gasteiger partial charge in [-0.3, -0.25) is 0 Å². The van der Waals surface area contributed by atoms with Crippen molar-refractivity contribution >= 4 is 5.82 Å². The normalized spacial score (nSPS) is 9.41. The van der Waals surface area contributed by atoms with E-state index in [1.807, 2.05) is 6.07 Å². The quantitative estimate of drug-likeness (QED) is 0.618. The molecular formula is C12H10N4O. The van der Waals surface area contributed by atoms with Crippen molar-refractivity contribution in [2.45, 2.75) is 0 Å². The predicted octanol–water partition coefficient (Wildman–Crippen LogP) is 2.03. The molecule has 17 heavy (non-hydrogen) atoms. The van der Waals surface area contributed by atoms with Gasteiger partial charge in [-0.15, -0.1) is 0 Å². The van der Waals surface area contributed by atoms with E-state index in [1.54, 1.807) is 42.5 Å². The second-order valence-corrected chi connectivity index (χ2v) is 3.24. The smallest absolute Gasteiger partial charge is 0.221 e. The Bertz CT molecular complexity index is 545. The summed E-state index contributed by atoms with van der Waals surface area (Å²) in [4.78, 5) is 4.11. The zero-order valence-electron chi connectivity index (χ0n) is 8.92. The first-order valence-corrected chi connectivity index (χ1v) is 4.93. The van der Waals surface area contributed by atoms with Gasteiger partial charge >= 0.3 is 0 Å². The molecule has 0 amide bonds. The maximum absolute atomic E-state index is 8.66. The number of pyridine rings is 1. The molecule has 0 aliphatic rings. The minimum Gasteiger partial charge on any atom is -0.439 e. The highest BCUT2D eigenvalue weighted by Gasteiger charge is 2.00. The summed E-state index contributed by atoms with van der Waals surface area (Å²) in [5, 5.41) is 8.66. The first-order chi connectivity index (χ1) is 8.31. The lowest BCUT2D eigenvalue weighted by Gasteiger charge is -2.05. The van der Waals surface area contributed by atoms with E-state index in [9.17, 15) is 0 Å². The van der Waals surface area contributed by atoms with Gasteiger partial charge < -0.3 is 10.2 Å². The van der Waals surface area contributed by atoms with Crippen LogP contribution in [-0.2, 0) is 0 Å². The number of nitrogen functional groups attached to an aromatic ring is 1. The molecule has 1 aromatic heterocycles. The third kappa shape index (κ3) is 2.71. The molecule has 3 N–H and O–H groups in total. The molecule has 5 heteroatoms. The van der Waals surface area contributed by atoms with Crippen LogP contribution in [0.4, 0.5) is 5.82 Å². The highest BCUT2D eigenvalue weighted by atomic mass is 16.5. The van der Waals surface area contributed by atoms with E-state index < -0.39 is 0 Å². The SMILES string of the molecule is N#Cc1ccc(Oc2cccc(NN)n2)cc1. The molecule has 2 aromatic rings. The van der Waals surface area contributed by atoms with Gasteiger partial charge in [-0.05, 0) is 30.3 Å². The standard InChI is InChI=1S/C12H10N4O/c13-8-9-4-6-10(7-5-9)17-12-3-1-2-11(15-12)16-14/h1-7H,14H2,(H,15,16). The lowest BCUT2D eigenvalue weighted by atomic mass is 10.2. The molecule has 0 saturated carbocycles. The molecule has 0 bridgehead atoms. The number of nitrogens with two attached hydrogens (primary N) is 1. The molecule has 0 spiro atoms. The molecule has 1 heterocycles. The third-order valence-corrected chi connectivity index (χ3v) is 2.08. The molecule has 0 aliphatic heterocycles. The zero-order valence-corrected chi connectivity index (χ0v) is 8.92. The van der Waals surface area contributed by atoms with Crippen molar-refractivity contribution in [2.24, 2.45) is 5.84 Å². The van der Waals surface area contributed by atoms with Crippen LogP contribution in [0.5, 0.6) is 11.6 Å². The Morgan fingerprint density at radius 1 is 1.18 bits per heavy atom. The number of ether oxygens (including phenoxy) is 1. The summed E-state index contributed by atoms with van der Waals surface area (Å²) in [6.07, 6.45) is 0. The zero-order chi connectivity index (χ0) is 12.1. The van der Waals surface area contributed by atoms with Crippen molar-refractivity contribution in [1.29, 1.82) is 5.26 Å². The number of rotatable bonds is 3. The maximum atomic E-state index is 8.66. The van der Waals surface area contributed by atoms with E-state index in [1.165, 1.54) is 0 Å². The van der Waals surface area contributed by atoms with Crippen LogP contribution in [0.25, 0.3) is 0 Å². The van der Waals surface area contributed by atoms with E-state index >= 15 is 0 Å². The largest absolute Gasteiger partial charge is 0.439 e. The van der Waals surface area contributed by atoms with Gasteiger partial charge in [0.05, 0.1) is 11.6 Å². The van der Waals surface area contributed by atoms with Gasteiger partial charge in [0.2, 0.25) is 5.88 Å². The van der Waals surface area contributed by atoms with Crippen molar-refractivity contribution in [1.82, 2.24) is 4.98 Å². The summed E-state index contributed by atoms with van der Waals surface area (Å²) in [7, 11) is 0. The summed E-state index contributed by atoms with van der Waals surface area (Å²) in [6, 6.07) is 14.1. The summed E-state index contributed by atoms with van der Waals surface area (Å²) in [5.74, 6) is 6.82. The molecule has 0 atom stereocenters. The second kappa shape index (κ2) is 4.96. The van der Waals surface area contributed by atoms with E-state index in [4.69, 9.17) is 15.8 Å². The van der Waals surface area contributed by atoms with Gasteiger partial charge in [0.25, 0.3) is 0 Å². The van der Waals surface area contributed by atoms with Crippen LogP contribution < -0.4 is 16.0 Å². The molecule has 0 fully saturated rings. The maximum Gasteiger partial charge on any atom is 0.221 e. The van der Waals surface area contributed by atoms with Gasteiger partial charge in [-0.2, -0.15) is 10.2 Å². The van der Waals surface area contributed by atoms with Crippen molar-refractivity contribution < 1.29 is 4.74 Å². The minimum absolute atomic E-state index is 0.435. The Kier molecular flexibility index (Phi) is 3.19. The number of anilines is 1. The second-order valence-electron chi connectivity index (χ2n) is 3.24. The number of hydrogen-bond donors (Lipinski definition) is 2. The molecule has 0 unspecified atom stereocenters. The van der Waals surface area contributed by atoms with Crippen LogP contribution in [0.3, 0.4) is 0 Å². The lowest BCUT2D eigenvalue weighted by Crippen LogP contribution is -2.08. The minimum atomic E-state index is 0.435. The fraction of sp³-hybridized carbons (Fsp3) is 0. The predicted molar refractivity (Wildman–Crippen MR) is 63.3 cm³/mol. The van der Waals surface area contributed by atoms with E-state index in [0.29, 0.717) is 23.0 Å². The van der Waals surface area contributed by atoms with Crippen LogP contribution in [0.2, 0.25) is 0 Å². The van der Waals surface area contributed by atoms with Crippen LogP contribution >= 0.6 is 0 Å². The Balaban J connectivity index is 2.16. The Morgan fingerprint density at radius 2 is 1.94 bits per heavy atom. The Labute approximate surface area is 98.4 Å². The van der Waals surface area contributed by atoms with Gasteiger partial charge in [0, 0.05) is 6.07 Å². The summed E-state index contributed by atoms with van der Waals surface area (Å²) in [6.45, 7) is 0. The van der Waals surface area contributed by atoms with Crippen LogP contribution in [0.1, 0.15) is 5.56 Å². The topological polar surface area (TPSA) is 84.0 Å². The average Bonchev–Trinajstić information content (AvgIpc) is 2.40. The van der Waals surface area contributed by atoms with E-state index in [0.717, 1.165) is 0 Å². The monoisotopic (exact) mass is 226 g/mol. The molecule has 84 valence electrons. The number of aromatic nitrogens is 1. The fourth-order valence-corrected chi connectivity index (χ4v) is 1.27. The van der Waals surface area contributed by atoms with Crippen LogP contribution in [-0.4, -0.2) is 4.98 Å². The molecule has 2 rings (SSSR count). The number of benzene rings is 1. The third-order valence-electron chi connectivity index (χ3n) is 2.08. The first kappa shape index (κ1) is 10.9. The number of hydrogen-bond acceptors (Lipinski definition) is 5. The van der Waals surface area contributed by atoms with Gasteiger partial charge in [-0.25, -0.2) is 5.84 Å². The van der Waals surface area contributed by atoms with Gasteiger partial charge in [0.15, 0.2) is 0 Å². The van der Waals surface area contributed by atoms with Gasteiger partial charge in [-0.1, -0.05) is 6.07 Å². The van der Waals surface area contributed by atoms with Crippen LogP contribution in [0.15, 0.2) is 42.5 Å². The molecule has 5 nitrogen and oxygen atoms in total. The summed E-state index contributed by atoms with van der Waals surface area (Å²) < 4.78 is 5.50. The first-order valence-electron chi connectivity index (χ1n) is 4.93. The molecule has 0 aliphatic carbocycles. The average molecular weight is 226 g/mol. The Morgan fingerprint density at radius 3 is 2.59 bits per heavy atom. The van der Waals surface area contributed by atoms with E-state index in [2.05, 4.69) is 10.4 Å². The van der Waals surface area contributed by atoms with Gasteiger partial charge in [0.1, 0.15) is 11.6 Å². The van der Waals surface area contributed by atoms with Crippen molar-refractivity contribution in [2.75, 3.05) is 5.43 Å². The molecular weight excluding hydrogens is 216 g/mol. The molecule has 0 saturated heterocycles. The lowest BCUT2D eigenvalue weighted by molar-refractivity contribution is 0.463.